The Bertz CT molecular complexity index is 434. The highest BCUT2D eigenvalue weighted by Crippen LogP contribution is 2.13. The molecular formula is C8H11N6. The number of rotatable bonds is 3. The van der Waals surface area contributed by atoms with Crippen LogP contribution in [0.3, 0.4) is 0 Å². The maximum atomic E-state index is 7.06. The van der Waals surface area contributed by atoms with E-state index in [1.165, 1.54) is 6.33 Å². The van der Waals surface area contributed by atoms with Crippen molar-refractivity contribution in [2.45, 2.75) is 13.0 Å². The van der Waals surface area contributed by atoms with Crippen LogP contribution in [-0.4, -0.2) is 26.1 Å². The van der Waals surface area contributed by atoms with Gasteiger partial charge in [0.2, 0.25) is 0 Å². The summed E-state index contributed by atoms with van der Waals surface area (Å²) in [6.07, 6.45) is 3.90. The Morgan fingerprint density at radius 2 is 2.21 bits per heavy atom. The Morgan fingerprint density at radius 3 is 3.00 bits per heavy atom. The van der Waals surface area contributed by atoms with Crippen molar-refractivity contribution >= 4 is 17.0 Å². The van der Waals surface area contributed by atoms with Gasteiger partial charge in [0.25, 0.3) is 0 Å². The zero-order valence-electron chi connectivity index (χ0n) is 7.64. The van der Waals surface area contributed by atoms with Crippen LogP contribution in [0, 0.1) is 0 Å². The number of nitrogens with zero attached hydrogens (tertiary/aromatic N) is 4. The molecule has 0 atom stereocenters. The van der Waals surface area contributed by atoms with Gasteiger partial charge in [0.05, 0.1) is 6.33 Å². The largest absolute Gasteiger partial charge is 0.382 e. The van der Waals surface area contributed by atoms with Crippen LogP contribution in [0.1, 0.15) is 6.42 Å². The van der Waals surface area contributed by atoms with Crippen LogP contribution in [0.25, 0.3) is 11.2 Å². The second kappa shape index (κ2) is 3.59. The average Bonchev–Trinajstić information content (AvgIpc) is 2.60. The van der Waals surface area contributed by atoms with Crippen LogP contribution in [-0.2, 0) is 6.54 Å². The molecule has 0 spiro atoms. The van der Waals surface area contributed by atoms with E-state index in [0.717, 1.165) is 18.6 Å². The fourth-order valence-corrected chi connectivity index (χ4v) is 1.31. The molecule has 0 saturated heterocycles. The molecule has 0 aliphatic heterocycles. The second-order valence-corrected chi connectivity index (χ2v) is 2.97. The van der Waals surface area contributed by atoms with Gasteiger partial charge in [0, 0.05) is 13.1 Å². The molecule has 73 valence electrons. The van der Waals surface area contributed by atoms with Crippen LogP contribution in [0.2, 0.25) is 0 Å². The van der Waals surface area contributed by atoms with E-state index in [1.54, 1.807) is 6.33 Å². The molecule has 0 unspecified atom stereocenters. The number of nitrogen functional groups attached to an aromatic ring is 1. The van der Waals surface area contributed by atoms with Crippen LogP contribution in [0.4, 0.5) is 5.82 Å². The summed E-state index contributed by atoms with van der Waals surface area (Å²) in [4.78, 5) is 12.1. The first kappa shape index (κ1) is 8.89. The maximum absolute atomic E-state index is 7.06. The number of anilines is 1. The lowest BCUT2D eigenvalue weighted by Gasteiger charge is -2.00. The molecule has 14 heavy (non-hydrogen) atoms. The number of imidazole rings is 1. The second-order valence-electron chi connectivity index (χ2n) is 2.97. The van der Waals surface area contributed by atoms with Gasteiger partial charge in [-0.1, -0.05) is 0 Å². The van der Waals surface area contributed by atoms with Crippen molar-refractivity contribution in [2.24, 2.45) is 0 Å². The van der Waals surface area contributed by atoms with Crippen molar-refractivity contribution in [3.63, 3.8) is 0 Å². The van der Waals surface area contributed by atoms with E-state index in [9.17, 15) is 0 Å². The first-order valence-corrected chi connectivity index (χ1v) is 4.39. The first-order chi connectivity index (χ1) is 6.83. The van der Waals surface area contributed by atoms with Crippen molar-refractivity contribution in [3.05, 3.63) is 12.7 Å². The SMILES string of the molecule is [NH]CCCn1cnc2c(N)ncnc21. The molecule has 1 radical (unpaired) electrons. The van der Waals surface area contributed by atoms with E-state index in [2.05, 4.69) is 15.0 Å². The lowest BCUT2D eigenvalue weighted by Crippen LogP contribution is -2.01. The number of nitrogens with one attached hydrogen (secondary N) is 1. The molecule has 2 aromatic rings. The Kier molecular flexibility index (Phi) is 2.28. The van der Waals surface area contributed by atoms with Crippen molar-refractivity contribution in [2.75, 3.05) is 12.3 Å². The first-order valence-electron chi connectivity index (χ1n) is 4.39. The van der Waals surface area contributed by atoms with Crippen LogP contribution in [0.5, 0.6) is 0 Å². The van der Waals surface area contributed by atoms with Gasteiger partial charge in [-0.15, -0.1) is 0 Å². The monoisotopic (exact) mass is 191 g/mol. The maximum Gasteiger partial charge on any atom is 0.165 e. The fourth-order valence-electron chi connectivity index (χ4n) is 1.31. The van der Waals surface area contributed by atoms with Crippen molar-refractivity contribution in [1.82, 2.24) is 25.3 Å². The Labute approximate surface area is 81.0 Å². The number of fused-ring (bicyclic) bond motifs is 1. The standard InChI is InChI=1S/C8H11N6/c9-2-1-3-14-5-13-6-7(10)11-4-12-8(6)14/h4-5,9H,1-3H2,(H2,10,11,12). The summed E-state index contributed by atoms with van der Waals surface area (Å²) in [6.45, 7) is 1.15. The van der Waals surface area contributed by atoms with Crippen molar-refractivity contribution in [3.8, 4) is 0 Å². The number of hydrogen-bond donors (Lipinski definition) is 1. The van der Waals surface area contributed by atoms with E-state index in [4.69, 9.17) is 11.5 Å². The summed E-state index contributed by atoms with van der Waals surface area (Å²) in [5.41, 5.74) is 14.1. The molecule has 0 aromatic carbocycles. The predicted octanol–water partition coefficient (Wildman–Crippen LogP) is 0.0815. The Balaban J connectivity index is 2.42. The van der Waals surface area contributed by atoms with E-state index < -0.39 is 0 Å². The molecule has 6 nitrogen and oxygen atoms in total. The Morgan fingerprint density at radius 1 is 1.36 bits per heavy atom. The van der Waals surface area contributed by atoms with Gasteiger partial charge in [-0.3, -0.25) is 5.73 Å². The third kappa shape index (κ3) is 1.39. The van der Waals surface area contributed by atoms with E-state index >= 15 is 0 Å². The number of aromatic nitrogens is 4. The molecule has 0 bridgehead atoms. The summed E-state index contributed by atoms with van der Waals surface area (Å²) in [7, 11) is 0. The molecule has 0 fully saturated rings. The summed E-state index contributed by atoms with van der Waals surface area (Å²) in [5, 5.41) is 0. The summed E-state index contributed by atoms with van der Waals surface area (Å²) < 4.78 is 1.89. The highest BCUT2D eigenvalue weighted by molar-refractivity contribution is 5.80. The van der Waals surface area contributed by atoms with Gasteiger partial charge in [0.1, 0.15) is 11.8 Å². The molecule has 0 saturated carbocycles. The lowest BCUT2D eigenvalue weighted by molar-refractivity contribution is 0.655. The highest BCUT2D eigenvalue weighted by Gasteiger charge is 2.06. The van der Waals surface area contributed by atoms with Crippen LogP contribution >= 0.6 is 0 Å². The fraction of sp³-hybridized carbons (Fsp3) is 0.375. The third-order valence-corrected chi connectivity index (χ3v) is 2.01. The molecule has 2 aromatic heterocycles. The number of aryl methyl sites for hydroxylation is 1. The smallest absolute Gasteiger partial charge is 0.165 e. The number of nitrogens with two attached hydrogens (primary N) is 1. The summed E-state index contributed by atoms with van der Waals surface area (Å²) in [6, 6.07) is 0. The Hall–Kier alpha value is -1.69. The summed E-state index contributed by atoms with van der Waals surface area (Å²) >= 11 is 0. The van der Waals surface area contributed by atoms with Crippen LogP contribution in [0.15, 0.2) is 12.7 Å². The third-order valence-electron chi connectivity index (χ3n) is 2.01. The topological polar surface area (TPSA) is 93.4 Å². The lowest BCUT2D eigenvalue weighted by atomic mass is 10.4. The normalized spacial score (nSPS) is 10.9. The molecule has 0 aliphatic carbocycles. The van der Waals surface area contributed by atoms with Crippen molar-refractivity contribution in [1.29, 1.82) is 0 Å². The molecular weight excluding hydrogens is 180 g/mol. The number of hydrogen-bond acceptors (Lipinski definition) is 4. The molecule has 2 heterocycles. The van der Waals surface area contributed by atoms with Gasteiger partial charge >= 0.3 is 0 Å². The van der Waals surface area contributed by atoms with Crippen LogP contribution < -0.4 is 11.5 Å². The zero-order valence-corrected chi connectivity index (χ0v) is 7.64. The van der Waals surface area contributed by atoms with Crippen molar-refractivity contribution < 1.29 is 0 Å². The van der Waals surface area contributed by atoms with Gasteiger partial charge in [-0.2, -0.15) is 0 Å². The average molecular weight is 191 g/mol. The molecule has 2 rings (SSSR count). The minimum Gasteiger partial charge on any atom is -0.382 e. The summed E-state index contributed by atoms with van der Waals surface area (Å²) in [5.74, 6) is 0.402. The highest BCUT2D eigenvalue weighted by atomic mass is 15.1. The molecule has 6 heteroatoms. The minimum absolute atomic E-state index is 0.402. The van der Waals surface area contributed by atoms with E-state index in [0.29, 0.717) is 17.9 Å². The molecule has 0 amide bonds. The van der Waals surface area contributed by atoms with Gasteiger partial charge < -0.3 is 10.3 Å². The molecule has 0 aliphatic rings. The zero-order chi connectivity index (χ0) is 9.97. The van der Waals surface area contributed by atoms with Gasteiger partial charge in [0.15, 0.2) is 11.5 Å². The van der Waals surface area contributed by atoms with Gasteiger partial charge in [-0.05, 0) is 6.42 Å². The van der Waals surface area contributed by atoms with E-state index in [-0.39, 0.29) is 0 Å². The van der Waals surface area contributed by atoms with Gasteiger partial charge in [-0.25, -0.2) is 15.0 Å². The predicted molar refractivity (Wildman–Crippen MR) is 52.3 cm³/mol. The minimum atomic E-state index is 0.402. The van der Waals surface area contributed by atoms with E-state index in [1.807, 2.05) is 4.57 Å². The quantitative estimate of drug-likeness (QED) is 0.743. The molecule has 3 N–H and O–H groups in total.